The van der Waals surface area contributed by atoms with Crippen LogP contribution in [-0.4, -0.2) is 4.98 Å². The van der Waals surface area contributed by atoms with Crippen LogP contribution in [0, 0.1) is 5.92 Å². The minimum absolute atomic E-state index is 0.365. The molecule has 1 nitrogen and oxygen atoms in total. The molecule has 0 radical (unpaired) electrons. The number of benzene rings is 1. The van der Waals surface area contributed by atoms with Gasteiger partial charge in [0.15, 0.2) is 0 Å². The van der Waals surface area contributed by atoms with Gasteiger partial charge in [-0.1, -0.05) is 56.5 Å². The highest BCUT2D eigenvalue weighted by Crippen LogP contribution is 2.31. The minimum atomic E-state index is 0.365. The number of halogens is 1. The Morgan fingerprint density at radius 3 is 2.24 bits per heavy atom. The molecule has 1 heterocycles. The van der Waals surface area contributed by atoms with Gasteiger partial charge in [-0.15, -0.1) is 0 Å². The Kier molecular flexibility index (Phi) is 6.25. The standard InChI is InChI=1S/C19H24ClN/c1-3-15(4-2)8-13-18(19-7-5-6-14-21-19)16-9-11-17(20)12-10-16/h5-7,9-12,14-15,18H,3-4,8,13H2,1-2H3/t18-/m0/s1. The summed E-state index contributed by atoms with van der Waals surface area (Å²) >= 11 is 6.02. The Morgan fingerprint density at radius 1 is 0.952 bits per heavy atom. The van der Waals surface area contributed by atoms with Crippen molar-refractivity contribution in [2.75, 3.05) is 0 Å². The largest absolute Gasteiger partial charge is 0.261 e. The Labute approximate surface area is 133 Å². The molecule has 0 amide bonds. The first-order chi connectivity index (χ1) is 10.2. The summed E-state index contributed by atoms with van der Waals surface area (Å²) in [4.78, 5) is 4.57. The lowest BCUT2D eigenvalue weighted by Crippen LogP contribution is -2.07. The molecule has 0 aliphatic rings. The second kappa shape index (κ2) is 8.19. The lowest BCUT2D eigenvalue weighted by Gasteiger charge is -2.20. The van der Waals surface area contributed by atoms with Crippen molar-refractivity contribution in [3.8, 4) is 0 Å². The molecule has 0 aliphatic carbocycles. The quantitative estimate of drug-likeness (QED) is 0.603. The van der Waals surface area contributed by atoms with Crippen molar-refractivity contribution < 1.29 is 0 Å². The zero-order chi connectivity index (χ0) is 15.1. The first-order valence-corrected chi connectivity index (χ1v) is 8.28. The highest BCUT2D eigenvalue weighted by molar-refractivity contribution is 6.30. The molecule has 1 aromatic carbocycles. The minimum Gasteiger partial charge on any atom is -0.261 e. The van der Waals surface area contributed by atoms with Crippen LogP contribution in [0.2, 0.25) is 5.02 Å². The molecular formula is C19H24ClN. The fourth-order valence-corrected chi connectivity index (χ4v) is 2.99. The van der Waals surface area contributed by atoms with Crippen LogP contribution in [0.25, 0.3) is 0 Å². The summed E-state index contributed by atoms with van der Waals surface area (Å²) < 4.78 is 0. The highest BCUT2D eigenvalue weighted by atomic mass is 35.5. The van der Waals surface area contributed by atoms with Crippen molar-refractivity contribution in [3.63, 3.8) is 0 Å². The van der Waals surface area contributed by atoms with Crippen LogP contribution in [0.5, 0.6) is 0 Å². The molecule has 0 fully saturated rings. The summed E-state index contributed by atoms with van der Waals surface area (Å²) in [5, 5.41) is 0.790. The van der Waals surface area contributed by atoms with Crippen molar-refractivity contribution in [2.24, 2.45) is 5.92 Å². The summed E-state index contributed by atoms with van der Waals surface area (Å²) in [7, 11) is 0. The maximum absolute atomic E-state index is 6.02. The van der Waals surface area contributed by atoms with Crippen LogP contribution in [0.1, 0.15) is 56.7 Å². The van der Waals surface area contributed by atoms with Gasteiger partial charge in [0.2, 0.25) is 0 Å². The van der Waals surface area contributed by atoms with E-state index in [-0.39, 0.29) is 0 Å². The number of pyridine rings is 1. The smallest absolute Gasteiger partial charge is 0.0478 e. The van der Waals surface area contributed by atoms with Gasteiger partial charge in [0, 0.05) is 22.8 Å². The summed E-state index contributed by atoms with van der Waals surface area (Å²) in [5.74, 6) is 1.17. The molecule has 21 heavy (non-hydrogen) atoms. The van der Waals surface area contributed by atoms with Crippen LogP contribution in [0.3, 0.4) is 0 Å². The number of rotatable bonds is 7. The molecule has 2 rings (SSSR count). The summed E-state index contributed by atoms with van der Waals surface area (Å²) in [6.07, 6.45) is 6.79. The molecule has 2 heteroatoms. The SMILES string of the molecule is CCC(CC)CC[C@@H](c1ccc(Cl)cc1)c1ccccn1. The Hall–Kier alpha value is -1.34. The third-order valence-corrected chi connectivity index (χ3v) is 4.59. The van der Waals surface area contributed by atoms with Crippen LogP contribution < -0.4 is 0 Å². The molecule has 0 aliphatic heterocycles. The Morgan fingerprint density at radius 2 is 1.67 bits per heavy atom. The second-order valence-electron chi connectivity index (χ2n) is 5.62. The average molecular weight is 302 g/mol. The first-order valence-electron chi connectivity index (χ1n) is 7.91. The lowest BCUT2D eigenvalue weighted by atomic mass is 9.86. The van der Waals surface area contributed by atoms with E-state index in [4.69, 9.17) is 11.6 Å². The number of nitrogens with zero attached hydrogens (tertiary/aromatic N) is 1. The molecule has 0 saturated carbocycles. The van der Waals surface area contributed by atoms with Gasteiger partial charge in [0.1, 0.15) is 0 Å². The topological polar surface area (TPSA) is 12.9 Å². The summed E-state index contributed by atoms with van der Waals surface area (Å²) in [6.45, 7) is 4.57. The van der Waals surface area contributed by atoms with E-state index in [9.17, 15) is 0 Å². The fourth-order valence-electron chi connectivity index (χ4n) is 2.86. The van der Waals surface area contributed by atoms with Gasteiger partial charge in [-0.3, -0.25) is 4.98 Å². The Balaban J connectivity index is 2.20. The molecule has 0 bridgehead atoms. The van der Waals surface area contributed by atoms with Crippen LogP contribution >= 0.6 is 11.6 Å². The van der Waals surface area contributed by atoms with Crippen LogP contribution in [0.4, 0.5) is 0 Å². The van der Waals surface area contributed by atoms with Gasteiger partial charge in [-0.2, -0.15) is 0 Å². The normalized spacial score (nSPS) is 12.6. The van der Waals surface area contributed by atoms with Gasteiger partial charge < -0.3 is 0 Å². The van der Waals surface area contributed by atoms with E-state index in [1.165, 1.54) is 24.8 Å². The van der Waals surface area contributed by atoms with Gasteiger partial charge in [-0.25, -0.2) is 0 Å². The average Bonchev–Trinajstić information content (AvgIpc) is 2.54. The van der Waals surface area contributed by atoms with E-state index < -0.39 is 0 Å². The van der Waals surface area contributed by atoms with Gasteiger partial charge in [-0.05, 0) is 48.6 Å². The molecule has 112 valence electrons. The van der Waals surface area contributed by atoms with Crippen molar-refractivity contribution >= 4 is 11.6 Å². The zero-order valence-electron chi connectivity index (χ0n) is 12.9. The molecule has 2 aromatic rings. The number of hydrogen-bond donors (Lipinski definition) is 0. The molecule has 1 atom stereocenters. The molecule has 0 unspecified atom stereocenters. The predicted molar refractivity (Wildman–Crippen MR) is 90.8 cm³/mol. The summed E-state index contributed by atoms with van der Waals surface area (Å²) in [6, 6.07) is 14.4. The lowest BCUT2D eigenvalue weighted by molar-refractivity contribution is 0.427. The van der Waals surface area contributed by atoms with E-state index >= 15 is 0 Å². The number of aromatic nitrogens is 1. The van der Waals surface area contributed by atoms with E-state index in [0.29, 0.717) is 5.92 Å². The highest BCUT2D eigenvalue weighted by Gasteiger charge is 2.17. The van der Waals surface area contributed by atoms with Crippen molar-refractivity contribution in [2.45, 2.75) is 45.4 Å². The summed E-state index contributed by atoms with van der Waals surface area (Å²) in [5.41, 5.74) is 2.47. The zero-order valence-corrected chi connectivity index (χ0v) is 13.7. The molecule has 0 saturated heterocycles. The van der Waals surface area contributed by atoms with E-state index in [2.05, 4.69) is 43.1 Å². The number of hydrogen-bond acceptors (Lipinski definition) is 1. The molecule has 1 aromatic heterocycles. The molecule has 0 spiro atoms. The fraction of sp³-hybridized carbons (Fsp3) is 0.421. The van der Waals surface area contributed by atoms with Crippen molar-refractivity contribution in [1.82, 2.24) is 4.98 Å². The monoisotopic (exact) mass is 301 g/mol. The van der Waals surface area contributed by atoms with Crippen molar-refractivity contribution in [3.05, 3.63) is 64.9 Å². The Bertz CT molecular complexity index is 517. The first kappa shape index (κ1) is 16.0. The van der Waals surface area contributed by atoms with Gasteiger partial charge in [0.25, 0.3) is 0 Å². The van der Waals surface area contributed by atoms with Gasteiger partial charge in [0.05, 0.1) is 0 Å². The van der Waals surface area contributed by atoms with Crippen LogP contribution in [0.15, 0.2) is 48.7 Å². The third kappa shape index (κ3) is 4.57. The molecule has 0 N–H and O–H groups in total. The maximum atomic E-state index is 6.02. The van der Waals surface area contributed by atoms with Crippen molar-refractivity contribution in [1.29, 1.82) is 0 Å². The second-order valence-corrected chi connectivity index (χ2v) is 6.06. The van der Waals surface area contributed by atoms with E-state index in [1.807, 2.05) is 24.4 Å². The van der Waals surface area contributed by atoms with Gasteiger partial charge >= 0.3 is 0 Å². The van der Waals surface area contributed by atoms with E-state index in [0.717, 1.165) is 23.1 Å². The maximum Gasteiger partial charge on any atom is 0.0478 e. The molecular weight excluding hydrogens is 278 g/mol. The van der Waals surface area contributed by atoms with Crippen LogP contribution in [-0.2, 0) is 0 Å². The predicted octanol–water partition coefficient (Wildman–Crippen LogP) is 6.08. The third-order valence-electron chi connectivity index (χ3n) is 4.34. The van der Waals surface area contributed by atoms with E-state index in [1.54, 1.807) is 0 Å².